The first kappa shape index (κ1) is 18.0. The van der Waals surface area contributed by atoms with E-state index in [1.807, 2.05) is 24.3 Å². The molecule has 2 rings (SSSR count). The Morgan fingerprint density at radius 3 is 2.78 bits per heavy atom. The first-order valence-corrected chi connectivity index (χ1v) is 8.50. The molecule has 2 N–H and O–H groups in total. The lowest BCUT2D eigenvalue weighted by atomic mass is 10.2. The van der Waals surface area contributed by atoms with Crippen LogP contribution < -0.4 is 15.4 Å². The Morgan fingerprint density at radius 1 is 1.39 bits per heavy atom. The first-order valence-electron chi connectivity index (χ1n) is 8.09. The number of ether oxygens (including phenoxy) is 2. The molecule has 1 atom stereocenters. The van der Waals surface area contributed by atoms with Crippen molar-refractivity contribution in [2.75, 3.05) is 45.2 Å². The highest BCUT2D eigenvalue weighted by atomic mass is 32.1. The van der Waals surface area contributed by atoms with E-state index in [0.717, 1.165) is 44.2 Å². The molecular weight excluding hydrogens is 310 g/mol. The summed E-state index contributed by atoms with van der Waals surface area (Å²) in [6.45, 7) is 9.09. The lowest BCUT2D eigenvalue weighted by molar-refractivity contribution is -0.0283. The minimum absolute atomic E-state index is 0.179. The Bertz CT molecular complexity index is 493. The fourth-order valence-corrected chi connectivity index (χ4v) is 2.84. The van der Waals surface area contributed by atoms with Crippen LogP contribution in [0.5, 0.6) is 5.75 Å². The van der Waals surface area contributed by atoms with E-state index < -0.39 is 0 Å². The Morgan fingerprint density at radius 2 is 2.13 bits per heavy atom. The second-order valence-corrected chi connectivity index (χ2v) is 6.62. The number of thiocarbonyl (C=S) groups is 1. The molecule has 1 aliphatic heterocycles. The van der Waals surface area contributed by atoms with Gasteiger partial charge in [-0.25, -0.2) is 0 Å². The van der Waals surface area contributed by atoms with Crippen molar-refractivity contribution < 1.29 is 9.47 Å². The summed E-state index contributed by atoms with van der Waals surface area (Å²) in [7, 11) is 1.65. The molecule has 6 heteroatoms. The molecule has 1 heterocycles. The van der Waals surface area contributed by atoms with Crippen molar-refractivity contribution in [2.24, 2.45) is 5.92 Å². The molecule has 0 radical (unpaired) electrons. The van der Waals surface area contributed by atoms with Gasteiger partial charge in [0.05, 0.1) is 19.8 Å². The molecule has 0 aliphatic carbocycles. The van der Waals surface area contributed by atoms with E-state index in [-0.39, 0.29) is 6.10 Å². The van der Waals surface area contributed by atoms with E-state index in [1.54, 1.807) is 7.11 Å². The molecule has 0 unspecified atom stereocenters. The normalized spacial score (nSPS) is 18.7. The van der Waals surface area contributed by atoms with Gasteiger partial charge >= 0.3 is 0 Å². The average Bonchev–Trinajstić information content (AvgIpc) is 2.53. The van der Waals surface area contributed by atoms with Gasteiger partial charge < -0.3 is 20.1 Å². The number of hydrogen-bond acceptors (Lipinski definition) is 4. The maximum atomic E-state index is 5.81. The summed E-state index contributed by atoms with van der Waals surface area (Å²) in [5, 5.41) is 7.02. The van der Waals surface area contributed by atoms with Crippen molar-refractivity contribution in [3.05, 3.63) is 24.3 Å². The van der Waals surface area contributed by atoms with E-state index in [1.165, 1.54) is 0 Å². The molecule has 1 aliphatic rings. The zero-order chi connectivity index (χ0) is 16.7. The molecule has 5 nitrogen and oxygen atoms in total. The summed E-state index contributed by atoms with van der Waals surface area (Å²) < 4.78 is 11.0. The largest absolute Gasteiger partial charge is 0.497 e. The van der Waals surface area contributed by atoms with Crippen molar-refractivity contribution in [1.82, 2.24) is 10.2 Å². The zero-order valence-electron chi connectivity index (χ0n) is 14.2. The zero-order valence-corrected chi connectivity index (χ0v) is 15.0. The molecule has 1 fully saturated rings. The number of nitrogens with zero attached hydrogens (tertiary/aromatic N) is 1. The Labute approximate surface area is 144 Å². The number of hydrogen-bond donors (Lipinski definition) is 2. The topological polar surface area (TPSA) is 45.8 Å². The van der Waals surface area contributed by atoms with Crippen molar-refractivity contribution in [3.63, 3.8) is 0 Å². The predicted molar refractivity (Wildman–Crippen MR) is 98.2 cm³/mol. The second-order valence-electron chi connectivity index (χ2n) is 6.21. The summed E-state index contributed by atoms with van der Waals surface area (Å²) in [5.74, 6) is 1.51. The summed E-state index contributed by atoms with van der Waals surface area (Å²) in [4.78, 5) is 2.46. The van der Waals surface area contributed by atoms with Crippen molar-refractivity contribution >= 4 is 23.0 Å². The molecule has 1 saturated heterocycles. The van der Waals surface area contributed by atoms with E-state index in [4.69, 9.17) is 21.7 Å². The van der Waals surface area contributed by atoms with Crippen LogP contribution >= 0.6 is 12.2 Å². The number of morpholine rings is 1. The standard InChI is InChI=1S/C17H27N3O2S/c1-13(2)11-20-8-9-22-16(12-20)10-18-17(23)19-14-4-6-15(21-3)7-5-14/h4-7,13,16H,8-12H2,1-3H3,(H2,18,19,23)/t16-/m0/s1. The van der Waals surface area contributed by atoms with Crippen LogP contribution in [0.3, 0.4) is 0 Å². The van der Waals surface area contributed by atoms with Crippen molar-refractivity contribution in [3.8, 4) is 5.75 Å². The molecule has 23 heavy (non-hydrogen) atoms. The Hall–Kier alpha value is -1.37. The molecule has 128 valence electrons. The summed E-state index contributed by atoms with van der Waals surface area (Å²) in [6, 6.07) is 7.68. The van der Waals surface area contributed by atoms with Gasteiger partial charge in [-0.05, 0) is 42.4 Å². The molecule has 1 aromatic carbocycles. The van der Waals surface area contributed by atoms with Gasteiger partial charge in [-0.1, -0.05) is 13.8 Å². The van der Waals surface area contributed by atoms with Gasteiger partial charge in [-0.15, -0.1) is 0 Å². The average molecular weight is 337 g/mol. The highest BCUT2D eigenvalue weighted by molar-refractivity contribution is 7.80. The van der Waals surface area contributed by atoms with Crippen LogP contribution in [0.15, 0.2) is 24.3 Å². The van der Waals surface area contributed by atoms with E-state index >= 15 is 0 Å². The number of nitrogens with one attached hydrogen (secondary N) is 2. The third kappa shape index (κ3) is 6.33. The molecule has 0 amide bonds. The van der Waals surface area contributed by atoms with Gasteiger partial charge in [0.25, 0.3) is 0 Å². The van der Waals surface area contributed by atoms with E-state index in [9.17, 15) is 0 Å². The van der Waals surface area contributed by atoms with E-state index in [2.05, 4.69) is 29.4 Å². The third-order valence-corrected chi connectivity index (χ3v) is 3.93. The van der Waals surface area contributed by atoms with Crippen LogP contribution in [0.4, 0.5) is 5.69 Å². The third-order valence-electron chi connectivity index (χ3n) is 3.68. The molecule has 0 spiro atoms. The minimum atomic E-state index is 0.179. The minimum Gasteiger partial charge on any atom is -0.497 e. The lowest BCUT2D eigenvalue weighted by Gasteiger charge is -2.34. The van der Waals surface area contributed by atoms with Crippen LogP contribution in [-0.4, -0.2) is 56.0 Å². The van der Waals surface area contributed by atoms with Crippen LogP contribution in [0.25, 0.3) is 0 Å². The molecule has 0 saturated carbocycles. The summed E-state index contributed by atoms with van der Waals surface area (Å²) >= 11 is 5.34. The van der Waals surface area contributed by atoms with Crippen LogP contribution in [0.1, 0.15) is 13.8 Å². The Kier molecular flexibility index (Phi) is 7.08. The van der Waals surface area contributed by atoms with Gasteiger partial charge in [-0.3, -0.25) is 4.90 Å². The smallest absolute Gasteiger partial charge is 0.170 e. The summed E-state index contributed by atoms with van der Waals surface area (Å²) in [5.41, 5.74) is 0.939. The highest BCUT2D eigenvalue weighted by Gasteiger charge is 2.20. The van der Waals surface area contributed by atoms with Gasteiger partial charge in [-0.2, -0.15) is 0 Å². The monoisotopic (exact) mass is 337 g/mol. The van der Waals surface area contributed by atoms with Gasteiger partial charge in [0.15, 0.2) is 5.11 Å². The maximum Gasteiger partial charge on any atom is 0.170 e. The van der Waals surface area contributed by atoms with Crippen molar-refractivity contribution in [1.29, 1.82) is 0 Å². The SMILES string of the molecule is COc1ccc(NC(=S)NC[C@H]2CN(CC(C)C)CCO2)cc1. The quantitative estimate of drug-likeness (QED) is 0.777. The van der Waals surface area contributed by atoms with Crippen LogP contribution in [0.2, 0.25) is 0 Å². The van der Waals surface area contributed by atoms with Crippen LogP contribution in [0, 0.1) is 5.92 Å². The fourth-order valence-electron chi connectivity index (χ4n) is 2.64. The molecule has 0 aromatic heterocycles. The maximum absolute atomic E-state index is 5.81. The predicted octanol–water partition coefficient (Wildman–Crippen LogP) is 2.34. The molecule has 1 aromatic rings. The summed E-state index contributed by atoms with van der Waals surface area (Å²) in [6.07, 6.45) is 0.179. The van der Waals surface area contributed by atoms with Gasteiger partial charge in [0, 0.05) is 31.9 Å². The second kappa shape index (κ2) is 9.05. The number of anilines is 1. The fraction of sp³-hybridized carbons (Fsp3) is 0.588. The highest BCUT2D eigenvalue weighted by Crippen LogP contribution is 2.14. The van der Waals surface area contributed by atoms with Gasteiger partial charge in [0.2, 0.25) is 0 Å². The van der Waals surface area contributed by atoms with Crippen LogP contribution in [-0.2, 0) is 4.74 Å². The number of methoxy groups -OCH3 is 1. The van der Waals surface area contributed by atoms with Gasteiger partial charge in [0.1, 0.15) is 5.75 Å². The van der Waals surface area contributed by atoms with Crippen molar-refractivity contribution in [2.45, 2.75) is 20.0 Å². The Balaban J connectivity index is 1.72. The first-order chi connectivity index (χ1) is 11.1. The lowest BCUT2D eigenvalue weighted by Crippen LogP contribution is -2.48. The number of rotatable bonds is 6. The molecular formula is C17H27N3O2S. The molecule has 0 bridgehead atoms. The van der Waals surface area contributed by atoms with E-state index in [0.29, 0.717) is 11.0 Å². The number of benzene rings is 1.